The molecule has 2 rings (SSSR count). The smallest absolute Gasteiger partial charge is 0.269 e. The van der Waals surface area contributed by atoms with Gasteiger partial charge in [0.1, 0.15) is 5.78 Å². The second kappa shape index (κ2) is 5.08. The molecule has 0 aliphatic heterocycles. The van der Waals surface area contributed by atoms with Crippen LogP contribution < -0.4 is 0 Å². The molecule has 1 aromatic carbocycles. The zero-order valence-corrected chi connectivity index (χ0v) is 9.80. The summed E-state index contributed by atoms with van der Waals surface area (Å²) in [5, 5.41) is 10.5. The highest BCUT2D eigenvalue weighted by Crippen LogP contribution is 2.25. The molecule has 1 aromatic rings. The molecule has 18 heavy (non-hydrogen) atoms. The number of ketones is 2. The molecule has 0 heterocycles. The van der Waals surface area contributed by atoms with Gasteiger partial charge in [0.05, 0.1) is 10.8 Å². The first-order chi connectivity index (χ1) is 8.59. The fraction of sp³-hybridized carbons (Fsp3) is 0.385. The van der Waals surface area contributed by atoms with E-state index in [1.54, 1.807) is 0 Å². The Hall–Kier alpha value is -2.04. The van der Waals surface area contributed by atoms with Gasteiger partial charge in [0.2, 0.25) is 0 Å². The van der Waals surface area contributed by atoms with Gasteiger partial charge in [-0.3, -0.25) is 19.7 Å². The Balaban J connectivity index is 2.17. The van der Waals surface area contributed by atoms with Crippen LogP contribution in [0.15, 0.2) is 24.3 Å². The van der Waals surface area contributed by atoms with Crippen LogP contribution in [0.1, 0.15) is 36.0 Å². The standard InChI is InChI=1S/C13H13NO4/c15-12-4-2-1-3-11(12)13(16)9-5-7-10(8-6-9)14(17)18/h5-8,11H,1-4H2/t11-/m0/s1. The number of nitro benzene ring substituents is 1. The predicted molar refractivity (Wildman–Crippen MR) is 64.4 cm³/mol. The summed E-state index contributed by atoms with van der Waals surface area (Å²) in [6.45, 7) is 0. The topological polar surface area (TPSA) is 77.3 Å². The van der Waals surface area contributed by atoms with E-state index in [1.807, 2.05) is 0 Å². The monoisotopic (exact) mass is 247 g/mol. The maximum absolute atomic E-state index is 12.1. The highest BCUT2D eigenvalue weighted by atomic mass is 16.6. The van der Waals surface area contributed by atoms with E-state index >= 15 is 0 Å². The fourth-order valence-electron chi connectivity index (χ4n) is 2.21. The van der Waals surface area contributed by atoms with Gasteiger partial charge < -0.3 is 0 Å². The summed E-state index contributed by atoms with van der Waals surface area (Å²) in [5.74, 6) is -0.778. The number of benzene rings is 1. The quantitative estimate of drug-likeness (QED) is 0.356. The largest absolute Gasteiger partial charge is 0.299 e. The number of hydrogen-bond acceptors (Lipinski definition) is 4. The van der Waals surface area contributed by atoms with E-state index in [2.05, 4.69) is 0 Å². The third kappa shape index (κ3) is 2.45. The summed E-state index contributed by atoms with van der Waals surface area (Å²) in [6.07, 6.45) is 2.79. The van der Waals surface area contributed by atoms with Crippen LogP contribution in [0, 0.1) is 16.0 Å². The Kier molecular flexibility index (Phi) is 3.50. The number of nitro groups is 1. The van der Waals surface area contributed by atoms with E-state index in [0.29, 0.717) is 18.4 Å². The number of carbonyl (C=O) groups excluding carboxylic acids is 2. The van der Waals surface area contributed by atoms with Crippen LogP contribution in [-0.2, 0) is 4.79 Å². The molecule has 5 heteroatoms. The van der Waals surface area contributed by atoms with Gasteiger partial charge in [0.15, 0.2) is 5.78 Å². The normalized spacial score (nSPS) is 19.6. The lowest BCUT2D eigenvalue weighted by atomic mass is 9.83. The number of carbonyl (C=O) groups is 2. The van der Waals surface area contributed by atoms with Crippen molar-refractivity contribution in [2.75, 3.05) is 0 Å². The van der Waals surface area contributed by atoms with Gasteiger partial charge in [0.25, 0.3) is 5.69 Å². The minimum atomic E-state index is -0.555. The lowest BCUT2D eigenvalue weighted by Crippen LogP contribution is -2.27. The van der Waals surface area contributed by atoms with E-state index in [1.165, 1.54) is 24.3 Å². The molecule has 0 radical (unpaired) electrons. The van der Waals surface area contributed by atoms with E-state index < -0.39 is 10.8 Å². The zero-order chi connectivity index (χ0) is 13.1. The molecule has 1 fully saturated rings. The van der Waals surface area contributed by atoms with Crippen molar-refractivity contribution in [3.8, 4) is 0 Å². The second-order valence-electron chi connectivity index (χ2n) is 4.43. The third-order valence-electron chi connectivity index (χ3n) is 3.23. The van der Waals surface area contributed by atoms with Crippen molar-refractivity contribution in [2.45, 2.75) is 25.7 Å². The number of rotatable bonds is 3. The SMILES string of the molecule is O=C1CCCC[C@@H]1C(=O)c1ccc([N+](=O)[O-])cc1. The Morgan fingerprint density at radius 2 is 1.89 bits per heavy atom. The lowest BCUT2D eigenvalue weighted by Gasteiger charge is -2.19. The van der Waals surface area contributed by atoms with Crippen LogP contribution in [-0.4, -0.2) is 16.5 Å². The average molecular weight is 247 g/mol. The number of non-ortho nitro benzene ring substituents is 1. The second-order valence-corrected chi connectivity index (χ2v) is 4.43. The summed E-state index contributed by atoms with van der Waals surface area (Å²) in [5.41, 5.74) is 0.322. The fourth-order valence-corrected chi connectivity index (χ4v) is 2.21. The van der Waals surface area contributed by atoms with Crippen molar-refractivity contribution in [2.24, 2.45) is 5.92 Å². The molecule has 0 saturated heterocycles. The first kappa shape index (κ1) is 12.4. The zero-order valence-electron chi connectivity index (χ0n) is 9.80. The molecule has 0 aromatic heterocycles. The van der Waals surface area contributed by atoms with E-state index in [9.17, 15) is 19.7 Å². The first-order valence-corrected chi connectivity index (χ1v) is 5.91. The highest BCUT2D eigenvalue weighted by Gasteiger charge is 2.29. The Morgan fingerprint density at radius 3 is 2.44 bits per heavy atom. The molecule has 1 aliphatic carbocycles. The Bertz CT molecular complexity index is 492. The minimum Gasteiger partial charge on any atom is -0.299 e. The molecule has 1 saturated carbocycles. The third-order valence-corrected chi connectivity index (χ3v) is 3.23. The molecule has 94 valence electrons. The van der Waals surface area contributed by atoms with Gasteiger partial charge in [-0.05, 0) is 25.0 Å². The van der Waals surface area contributed by atoms with Gasteiger partial charge >= 0.3 is 0 Å². The summed E-state index contributed by atoms with van der Waals surface area (Å²) in [6, 6.07) is 5.42. The van der Waals surface area contributed by atoms with Crippen LogP contribution in [0.5, 0.6) is 0 Å². The Labute approximate surface area is 104 Å². The molecule has 1 atom stereocenters. The van der Waals surface area contributed by atoms with Crippen LogP contribution in [0.25, 0.3) is 0 Å². The van der Waals surface area contributed by atoms with Crippen LogP contribution >= 0.6 is 0 Å². The summed E-state index contributed by atoms with van der Waals surface area (Å²) in [4.78, 5) is 33.7. The lowest BCUT2D eigenvalue weighted by molar-refractivity contribution is -0.384. The van der Waals surface area contributed by atoms with Gasteiger partial charge in [-0.15, -0.1) is 0 Å². The van der Waals surface area contributed by atoms with Crippen LogP contribution in [0.3, 0.4) is 0 Å². The van der Waals surface area contributed by atoms with Crippen molar-refractivity contribution in [3.63, 3.8) is 0 Å². The molecule has 0 N–H and O–H groups in total. The van der Waals surface area contributed by atoms with E-state index in [0.717, 1.165) is 12.8 Å². The molecule has 1 aliphatic rings. The van der Waals surface area contributed by atoms with Crippen molar-refractivity contribution in [1.82, 2.24) is 0 Å². The van der Waals surface area contributed by atoms with Crippen LogP contribution in [0.2, 0.25) is 0 Å². The average Bonchev–Trinajstić information content (AvgIpc) is 2.38. The van der Waals surface area contributed by atoms with Crippen LogP contribution in [0.4, 0.5) is 5.69 Å². The molecule has 0 spiro atoms. The highest BCUT2D eigenvalue weighted by molar-refractivity contribution is 6.10. The summed E-state index contributed by atoms with van der Waals surface area (Å²) < 4.78 is 0. The maximum atomic E-state index is 12.1. The number of hydrogen-bond donors (Lipinski definition) is 0. The van der Waals surface area contributed by atoms with Crippen molar-refractivity contribution < 1.29 is 14.5 Å². The van der Waals surface area contributed by atoms with Crippen molar-refractivity contribution in [3.05, 3.63) is 39.9 Å². The summed E-state index contributed by atoms with van der Waals surface area (Å²) in [7, 11) is 0. The Morgan fingerprint density at radius 1 is 1.22 bits per heavy atom. The van der Waals surface area contributed by atoms with Gasteiger partial charge in [0, 0.05) is 24.1 Å². The van der Waals surface area contributed by atoms with E-state index in [4.69, 9.17) is 0 Å². The minimum absolute atomic E-state index is 0.00963. The van der Waals surface area contributed by atoms with Gasteiger partial charge in [-0.2, -0.15) is 0 Å². The van der Waals surface area contributed by atoms with Gasteiger partial charge in [-0.25, -0.2) is 0 Å². The molecule has 0 bridgehead atoms. The van der Waals surface area contributed by atoms with Crippen molar-refractivity contribution >= 4 is 17.3 Å². The summed E-state index contributed by atoms with van der Waals surface area (Å²) >= 11 is 0. The molecular weight excluding hydrogens is 234 g/mol. The first-order valence-electron chi connectivity index (χ1n) is 5.91. The van der Waals surface area contributed by atoms with Gasteiger partial charge in [-0.1, -0.05) is 6.42 Å². The number of nitrogens with zero attached hydrogens (tertiary/aromatic N) is 1. The number of Topliss-reactive ketones (excluding diaryl/α,β-unsaturated/α-hetero) is 2. The molecule has 0 unspecified atom stereocenters. The molecular formula is C13H13NO4. The predicted octanol–water partition coefficient (Wildman–Crippen LogP) is 2.54. The molecule has 5 nitrogen and oxygen atoms in total. The van der Waals surface area contributed by atoms with E-state index in [-0.39, 0.29) is 17.3 Å². The van der Waals surface area contributed by atoms with Crippen molar-refractivity contribution in [1.29, 1.82) is 0 Å². The maximum Gasteiger partial charge on any atom is 0.269 e. The molecule has 0 amide bonds.